The van der Waals surface area contributed by atoms with Gasteiger partial charge in [-0.05, 0) is 36.5 Å². The molecule has 1 saturated heterocycles. The van der Waals surface area contributed by atoms with E-state index in [-0.39, 0.29) is 16.7 Å². The molecule has 1 amide bonds. The zero-order chi connectivity index (χ0) is 13.4. The number of nitrogens with one attached hydrogen (secondary N) is 1. The van der Waals surface area contributed by atoms with Crippen LogP contribution in [0.15, 0.2) is 28.7 Å². The van der Waals surface area contributed by atoms with Crippen molar-refractivity contribution in [2.24, 2.45) is 0 Å². The third-order valence-corrected chi connectivity index (χ3v) is 3.49. The lowest BCUT2D eigenvalue weighted by Gasteiger charge is -2.15. The quantitative estimate of drug-likeness (QED) is 0.865. The summed E-state index contributed by atoms with van der Waals surface area (Å²) >= 11 is 10.7. The van der Waals surface area contributed by atoms with Crippen LogP contribution in [0.1, 0.15) is 18.2 Å². The summed E-state index contributed by atoms with van der Waals surface area (Å²) < 4.78 is 5.27. The molecule has 0 saturated carbocycles. The fraction of sp³-hybridized carbons (Fsp3) is 0.250. The molecule has 3 rings (SSSR count). The molecule has 7 heteroatoms. The number of hydrogen-bond acceptors (Lipinski definition) is 4. The van der Waals surface area contributed by atoms with Gasteiger partial charge in [0.15, 0.2) is 0 Å². The van der Waals surface area contributed by atoms with Crippen molar-refractivity contribution in [3.05, 3.63) is 40.0 Å². The summed E-state index contributed by atoms with van der Waals surface area (Å²) in [5, 5.41) is 7.20. The standard InChI is InChI=1S/C12H10ClN3O2S/c13-8-1-3-9(4-2-8)16-6-7(5-10(16)17)11-14-15-12(19)18-11/h1-4,7H,5-6H2,(H,15,19)/t7-/m1/s1. The predicted molar refractivity (Wildman–Crippen MR) is 72.9 cm³/mol. The average molecular weight is 296 g/mol. The van der Waals surface area contributed by atoms with Crippen LogP contribution in [0.25, 0.3) is 0 Å². The van der Waals surface area contributed by atoms with Gasteiger partial charge in [0.2, 0.25) is 11.8 Å². The highest BCUT2D eigenvalue weighted by Gasteiger charge is 2.34. The topological polar surface area (TPSA) is 62.1 Å². The first kappa shape index (κ1) is 12.4. The number of carbonyl (C=O) groups excluding carboxylic acids is 1. The van der Waals surface area contributed by atoms with Gasteiger partial charge in [-0.3, -0.25) is 4.79 Å². The van der Waals surface area contributed by atoms with E-state index in [9.17, 15) is 4.79 Å². The van der Waals surface area contributed by atoms with Gasteiger partial charge in [-0.15, -0.1) is 5.10 Å². The summed E-state index contributed by atoms with van der Waals surface area (Å²) in [5.41, 5.74) is 0.825. The van der Waals surface area contributed by atoms with Gasteiger partial charge < -0.3 is 9.32 Å². The lowest BCUT2D eigenvalue weighted by Crippen LogP contribution is -2.24. The van der Waals surface area contributed by atoms with Crippen LogP contribution in [-0.2, 0) is 4.79 Å². The van der Waals surface area contributed by atoms with Gasteiger partial charge in [-0.25, -0.2) is 5.10 Å². The van der Waals surface area contributed by atoms with Gasteiger partial charge in [-0.2, -0.15) is 0 Å². The van der Waals surface area contributed by atoms with Crippen LogP contribution in [0.2, 0.25) is 5.02 Å². The number of aromatic nitrogens is 2. The SMILES string of the molecule is O=C1C[C@@H](c2n[nH]c(=S)o2)CN1c1ccc(Cl)cc1. The maximum Gasteiger partial charge on any atom is 0.284 e. The van der Waals surface area contributed by atoms with E-state index in [1.54, 1.807) is 17.0 Å². The average Bonchev–Trinajstić information content (AvgIpc) is 2.97. The van der Waals surface area contributed by atoms with E-state index in [0.717, 1.165) is 5.69 Å². The Morgan fingerprint density at radius 2 is 2.16 bits per heavy atom. The van der Waals surface area contributed by atoms with Gasteiger partial charge in [0, 0.05) is 23.7 Å². The first-order valence-corrected chi connectivity index (χ1v) is 6.53. The maximum absolute atomic E-state index is 12.0. The van der Waals surface area contributed by atoms with E-state index in [1.165, 1.54) is 0 Å². The number of halogens is 1. The smallest absolute Gasteiger partial charge is 0.284 e. The fourth-order valence-corrected chi connectivity index (χ4v) is 2.42. The lowest BCUT2D eigenvalue weighted by atomic mass is 10.1. The monoisotopic (exact) mass is 295 g/mol. The number of aromatic amines is 1. The van der Waals surface area contributed by atoms with Crippen molar-refractivity contribution in [2.45, 2.75) is 12.3 Å². The number of hydrogen-bond donors (Lipinski definition) is 1. The van der Waals surface area contributed by atoms with Crippen molar-refractivity contribution in [1.82, 2.24) is 10.2 Å². The van der Waals surface area contributed by atoms with Crippen molar-refractivity contribution in [3.63, 3.8) is 0 Å². The second-order valence-corrected chi connectivity index (χ2v) is 5.14. The number of amides is 1. The van der Waals surface area contributed by atoms with Crippen LogP contribution < -0.4 is 4.90 Å². The van der Waals surface area contributed by atoms with Crippen LogP contribution in [0.4, 0.5) is 5.69 Å². The Kier molecular flexibility index (Phi) is 3.12. The number of benzene rings is 1. The zero-order valence-corrected chi connectivity index (χ0v) is 11.4. The first-order valence-electron chi connectivity index (χ1n) is 5.75. The van der Waals surface area contributed by atoms with Crippen LogP contribution >= 0.6 is 23.8 Å². The predicted octanol–water partition coefficient (Wildman–Crippen LogP) is 2.91. The first-order chi connectivity index (χ1) is 9.13. The molecule has 98 valence electrons. The molecule has 1 N–H and O–H groups in total. The minimum atomic E-state index is -0.0730. The summed E-state index contributed by atoms with van der Waals surface area (Å²) in [4.78, 5) is 14.0. The molecule has 5 nitrogen and oxygen atoms in total. The molecule has 1 fully saturated rings. The second kappa shape index (κ2) is 4.79. The van der Waals surface area contributed by atoms with E-state index in [1.807, 2.05) is 12.1 Å². The molecule has 0 spiro atoms. The summed E-state index contributed by atoms with van der Waals surface area (Å²) in [6.07, 6.45) is 0.367. The molecule has 1 atom stereocenters. The van der Waals surface area contributed by atoms with Crippen molar-refractivity contribution in [1.29, 1.82) is 0 Å². The van der Waals surface area contributed by atoms with Crippen LogP contribution in [0.5, 0.6) is 0 Å². The molecule has 0 radical (unpaired) electrons. The third kappa shape index (κ3) is 2.41. The number of carbonyl (C=O) groups is 1. The molecular weight excluding hydrogens is 286 g/mol. The Morgan fingerprint density at radius 3 is 2.79 bits per heavy atom. The number of anilines is 1. The molecule has 1 aliphatic heterocycles. The van der Waals surface area contributed by atoms with Crippen LogP contribution in [0, 0.1) is 4.84 Å². The molecule has 2 heterocycles. The van der Waals surface area contributed by atoms with Crippen molar-refractivity contribution in [2.75, 3.05) is 11.4 Å². The maximum atomic E-state index is 12.0. The van der Waals surface area contributed by atoms with E-state index >= 15 is 0 Å². The van der Waals surface area contributed by atoms with Gasteiger partial charge in [0.1, 0.15) is 0 Å². The van der Waals surface area contributed by atoms with E-state index in [2.05, 4.69) is 10.2 Å². The lowest BCUT2D eigenvalue weighted by molar-refractivity contribution is -0.117. The Morgan fingerprint density at radius 1 is 1.42 bits per heavy atom. The molecule has 0 aliphatic carbocycles. The summed E-state index contributed by atoms with van der Waals surface area (Å²) in [6, 6.07) is 7.17. The molecular formula is C12H10ClN3O2S. The van der Waals surface area contributed by atoms with E-state index in [4.69, 9.17) is 28.2 Å². The van der Waals surface area contributed by atoms with E-state index < -0.39 is 0 Å². The van der Waals surface area contributed by atoms with Gasteiger partial charge in [-0.1, -0.05) is 11.6 Å². The molecule has 2 aromatic rings. The molecule has 1 aromatic carbocycles. The largest absolute Gasteiger partial charge is 0.414 e. The molecule has 0 unspecified atom stereocenters. The van der Waals surface area contributed by atoms with Crippen molar-refractivity contribution in [3.8, 4) is 0 Å². The van der Waals surface area contributed by atoms with Crippen LogP contribution in [0.3, 0.4) is 0 Å². The molecule has 0 bridgehead atoms. The normalized spacial score (nSPS) is 19.1. The Bertz CT molecular complexity index is 664. The molecule has 19 heavy (non-hydrogen) atoms. The zero-order valence-electron chi connectivity index (χ0n) is 9.80. The highest BCUT2D eigenvalue weighted by Crippen LogP contribution is 2.31. The summed E-state index contributed by atoms with van der Waals surface area (Å²) in [5.74, 6) is 0.447. The Balaban J connectivity index is 1.84. The van der Waals surface area contributed by atoms with Crippen LogP contribution in [-0.4, -0.2) is 22.6 Å². The molecule has 1 aromatic heterocycles. The highest BCUT2D eigenvalue weighted by atomic mass is 35.5. The van der Waals surface area contributed by atoms with E-state index in [0.29, 0.717) is 23.9 Å². The fourth-order valence-electron chi connectivity index (χ4n) is 2.16. The highest BCUT2D eigenvalue weighted by molar-refractivity contribution is 7.71. The summed E-state index contributed by atoms with van der Waals surface area (Å²) in [7, 11) is 0. The molecule has 1 aliphatic rings. The van der Waals surface area contributed by atoms with Gasteiger partial charge >= 0.3 is 0 Å². The second-order valence-electron chi connectivity index (χ2n) is 4.33. The minimum absolute atomic E-state index is 0.0384. The number of rotatable bonds is 2. The Hall–Kier alpha value is -1.66. The number of H-pyrrole nitrogens is 1. The van der Waals surface area contributed by atoms with Gasteiger partial charge in [0.25, 0.3) is 4.84 Å². The minimum Gasteiger partial charge on any atom is -0.414 e. The Labute approximate surface area is 119 Å². The van der Waals surface area contributed by atoms with Gasteiger partial charge in [0.05, 0.1) is 5.92 Å². The summed E-state index contributed by atoms with van der Waals surface area (Å²) in [6.45, 7) is 0.531. The van der Waals surface area contributed by atoms with Crippen molar-refractivity contribution < 1.29 is 9.21 Å². The number of nitrogens with zero attached hydrogens (tertiary/aromatic N) is 2. The third-order valence-electron chi connectivity index (χ3n) is 3.07. The van der Waals surface area contributed by atoms with Crippen molar-refractivity contribution >= 4 is 35.4 Å².